The molecule has 1 aromatic carbocycles. The van der Waals surface area contributed by atoms with Gasteiger partial charge in [0.25, 0.3) is 5.91 Å². The van der Waals surface area contributed by atoms with Gasteiger partial charge in [-0.25, -0.2) is 0 Å². The summed E-state index contributed by atoms with van der Waals surface area (Å²) >= 11 is 5.01. The van der Waals surface area contributed by atoms with Gasteiger partial charge in [-0.05, 0) is 52.5 Å². The maximum absolute atomic E-state index is 12.1. The van der Waals surface area contributed by atoms with Gasteiger partial charge in [-0.3, -0.25) is 4.79 Å². The molecule has 1 amide bonds. The molecule has 1 unspecified atom stereocenters. The van der Waals surface area contributed by atoms with E-state index in [4.69, 9.17) is 4.74 Å². The van der Waals surface area contributed by atoms with Crippen molar-refractivity contribution in [2.24, 2.45) is 0 Å². The number of carbonyl (C=O) groups is 1. The van der Waals surface area contributed by atoms with Gasteiger partial charge in [0.1, 0.15) is 5.75 Å². The van der Waals surface area contributed by atoms with E-state index in [1.165, 1.54) is 0 Å². The number of amides is 1. The minimum atomic E-state index is -0.0933. The van der Waals surface area contributed by atoms with Crippen molar-refractivity contribution in [1.82, 2.24) is 5.32 Å². The molecule has 3 nitrogen and oxygen atoms in total. The maximum atomic E-state index is 12.1. The van der Waals surface area contributed by atoms with Crippen molar-refractivity contribution in [2.45, 2.75) is 13.0 Å². The molecule has 1 atom stereocenters. The molecule has 0 bridgehead atoms. The van der Waals surface area contributed by atoms with Gasteiger partial charge in [0.15, 0.2) is 0 Å². The number of thiophene rings is 1. The number of nitrogens with one attached hydrogen (secondary N) is 1. The molecule has 2 rings (SSSR count). The van der Waals surface area contributed by atoms with Crippen LogP contribution in [0, 0.1) is 0 Å². The number of hydrogen-bond donors (Lipinski definition) is 1. The summed E-state index contributed by atoms with van der Waals surface area (Å²) in [5.41, 5.74) is 0.607. The number of benzene rings is 1. The van der Waals surface area contributed by atoms with Crippen LogP contribution in [-0.4, -0.2) is 13.0 Å². The average Bonchev–Trinajstić information content (AvgIpc) is 2.92. The van der Waals surface area contributed by atoms with Crippen LogP contribution in [0.5, 0.6) is 5.75 Å². The highest BCUT2D eigenvalue weighted by atomic mass is 79.9. The van der Waals surface area contributed by atoms with E-state index in [2.05, 4.69) is 21.2 Å². The van der Waals surface area contributed by atoms with Crippen LogP contribution in [0.4, 0.5) is 0 Å². The molecule has 5 heteroatoms. The van der Waals surface area contributed by atoms with Crippen molar-refractivity contribution in [2.75, 3.05) is 7.11 Å². The summed E-state index contributed by atoms with van der Waals surface area (Å²) in [6.45, 7) is 1.97. The Morgan fingerprint density at radius 3 is 2.79 bits per heavy atom. The highest BCUT2D eigenvalue weighted by Crippen LogP contribution is 2.26. The number of ether oxygens (including phenoxy) is 1. The third-order valence-corrected chi connectivity index (χ3v) is 4.41. The summed E-state index contributed by atoms with van der Waals surface area (Å²) in [6.07, 6.45) is 0. The Kier molecular flexibility index (Phi) is 4.61. The standard InChI is InChI=1S/C14H14BrNO2S/c1-9(13-4-3-7-19-13)16-14(17)10-5-6-12(18-2)11(15)8-10/h3-9H,1-2H3,(H,16,17). The van der Waals surface area contributed by atoms with Crippen molar-refractivity contribution in [3.05, 3.63) is 50.6 Å². The smallest absolute Gasteiger partial charge is 0.251 e. The first-order chi connectivity index (χ1) is 9.11. The summed E-state index contributed by atoms with van der Waals surface area (Å²) in [5, 5.41) is 4.98. The second kappa shape index (κ2) is 6.21. The lowest BCUT2D eigenvalue weighted by atomic mass is 10.2. The molecular weight excluding hydrogens is 326 g/mol. The Labute approximate surface area is 124 Å². The van der Waals surface area contributed by atoms with Crippen LogP contribution in [0.1, 0.15) is 28.2 Å². The second-order valence-corrected chi connectivity index (χ2v) is 5.89. The van der Waals surface area contributed by atoms with Gasteiger partial charge >= 0.3 is 0 Å². The zero-order valence-electron chi connectivity index (χ0n) is 10.6. The van der Waals surface area contributed by atoms with E-state index in [9.17, 15) is 4.79 Å². The molecule has 0 saturated carbocycles. The van der Waals surface area contributed by atoms with Crippen LogP contribution in [-0.2, 0) is 0 Å². The van der Waals surface area contributed by atoms with Crippen molar-refractivity contribution in [3.8, 4) is 5.75 Å². The minimum Gasteiger partial charge on any atom is -0.496 e. The Hall–Kier alpha value is -1.33. The lowest BCUT2D eigenvalue weighted by Gasteiger charge is -2.13. The van der Waals surface area contributed by atoms with Gasteiger partial charge in [0, 0.05) is 10.4 Å². The summed E-state index contributed by atoms with van der Waals surface area (Å²) in [6, 6.07) is 9.28. The third-order valence-electron chi connectivity index (χ3n) is 2.73. The SMILES string of the molecule is COc1ccc(C(=O)NC(C)c2cccs2)cc1Br. The zero-order chi connectivity index (χ0) is 13.8. The molecule has 19 heavy (non-hydrogen) atoms. The van der Waals surface area contributed by atoms with E-state index >= 15 is 0 Å². The number of hydrogen-bond acceptors (Lipinski definition) is 3. The molecule has 0 spiro atoms. The van der Waals surface area contributed by atoms with Gasteiger partial charge in [-0.2, -0.15) is 0 Å². The van der Waals surface area contributed by atoms with Gasteiger partial charge in [-0.15, -0.1) is 11.3 Å². The van der Waals surface area contributed by atoms with Crippen LogP contribution in [0.25, 0.3) is 0 Å². The summed E-state index contributed by atoms with van der Waals surface area (Å²) < 4.78 is 5.91. The second-order valence-electron chi connectivity index (χ2n) is 4.06. The first-order valence-electron chi connectivity index (χ1n) is 5.79. The molecule has 100 valence electrons. The van der Waals surface area contributed by atoms with Gasteiger partial charge in [0.05, 0.1) is 17.6 Å². The molecular formula is C14H14BrNO2S. The van der Waals surface area contributed by atoms with Crippen molar-refractivity contribution in [3.63, 3.8) is 0 Å². The number of carbonyl (C=O) groups excluding carboxylic acids is 1. The maximum Gasteiger partial charge on any atom is 0.251 e. The predicted molar refractivity (Wildman–Crippen MR) is 80.9 cm³/mol. The van der Waals surface area contributed by atoms with Crippen LogP contribution < -0.4 is 10.1 Å². The van der Waals surface area contributed by atoms with Crippen molar-refractivity contribution in [1.29, 1.82) is 0 Å². The first-order valence-corrected chi connectivity index (χ1v) is 7.47. The number of rotatable bonds is 4. The van der Waals surface area contributed by atoms with Crippen molar-refractivity contribution >= 4 is 33.2 Å². The van der Waals surface area contributed by atoms with Crippen LogP contribution >= 0.6 is 27.3 Å². The fourth-order valence-corrected chi connectivity index (χ4v) is 2.97. The number of halogens is 1. The quantitative estimate of drug-likeness (QED) is 0.913. The van der Waals surface area contributed by atoms with Crippen LogP contribution in [0.3, 0.4) is 0 Å². The zero-order valence-corrected chi connectivity index (χ0v) is 13.0. The summed E-state index contributed by atoms with van der Waals surface area (Å²) in [5.74, 6) is 0.618. The Balaban J connectivity index is 2.10. The molecule has 2 aromatic rings. The fraction of sp³-hybridized carbons (Fsp3) is 0.214. The number of methoxy groups -OCH3 is 1. The Morgan fingerprint density at radius 2 is 2.21 bits per heavy atom. The van der Waals surface area contributed by atoms with E-state index in [1.807, 2.05) is 24.4 Å². The Bertz CT molecular complexity index is 569. The van der Waals surface area contributed by atoms with Gasteiger partial charge < -0.3 is 10.1 Å². The highest BCUT2D eigenvalue weighted by molar-refractivity contribution is 9.10. The molecule has 0 aliphatic heterocycles. The largest absolute Gasteiger partial charge is 0.496 e. The molecule has 1 heterocycles. The molecule has 0 fully saturated rings. The molecule has 0 saturated heterocycles. The summed E-state index contributed by atoms with van der Waals surface area (Å²) in [4.78, 5) is 13.3. The minimum absolute atomic E-state index is 0.00776. The van der Waals surface area contributed by atoms with Crippen LogP contribution in [0.15, 0.2) is 40.2 Å². The molecule has 0 radical (unpaired) electrons. The highest BCUT2D eigenvalue weighted by Gasteiger charge is 2.13. The molecule has 0 aliphatic rings. The summed E-state index contributed by atoms with van der Waals surface area (Å²) in [7, 11) is 1.60. The van der Waals surface area contributed by atoms with Crippen LogP contribution in [0.2, 0.25) is 0 Å². The van der Waals surface area contributed by atoms with E-state index in [-0.39, 0.29) is 11.9 Å². The lowest BCUT2D eigenvalue weighted by Crippen LogP contribution is -2.26. The first kappa shape index (κ1) is 14.1. The predicted octanol–water partition coefficient (Wildman–Crippen LogP) is 4.01. The van der Waals surface area contributed by atoms with E-state index in [0.29, 0.717) is 11.3 Å². The van der Waals surface area contributed by atoms with E-state index < -0.39 is 0 Å². The molecule has 1 aromatic heterocycles. The van der Waals surface area contributed by atoms with Crippen molar-refractivity contribution < 1.29 is 9.53 Å². The van der Waals surface area contributed by atoms with E-state index in [1.54, 1.807) is 36.6 Å². The molecule has 1 N–H and O–H groups in total. The Morgan fingerprint density at radius 1 is 1.42 bits per heavy atom. The average molecular weight is 340 g/mol. The monoisotopic (exact) mass is 339 g/mol. The van der Waals surface area contributed by atoms with E-state index in [0.717, 1.165) is 9.35 Å². The lowest BCUT2D eigenvalue weighted by molar-refractivity contribution is 0.0940. The fourth-order valence-electron chi connectivity index (χ4n) is 1.70. The topological polar surface area (TPSA) is 38.3 Å². The normalized spacial score (nSPS) is 11.9. The van der Waals surface area contributed by atoms with Gasteiger partial charge in [-0.1, -0.05) is 6.07 Å². The van der Waals surface area contributed by atoms with Gasteiger partial charge in [0.2, 0.25) is 0 Å². The molecule has 0 aliphatic carbocycles. The third kappa shape index (κ3) is 3.36.